The largest absolute Gasteiger partial charge is 0.497 e. The number of methoxy groups -OCH3 is 1. The lowest BCUT2D eigenvalue weighted by atomic mass is 10.1. The average molecular weight is 469 g/mol. The molecule has 0 saturated heterocycles. The number of esters is 1. The highest BCUT2D eigenvalue weighted by molar-refractivity contribution is 7.99. The average Bonchev–Trinajstić information content (AvgIpc) is 3.09. The lowest BCUT2D eigenvalue weighted by Gasteiger charge is -2.10. The maximum absolute atomic E-state index is 12.9. The van der Waals surface area contributed by atoms with Crippen molar-refractivity contribution in [2.24, 2.45) is 0 Å². The number of benzene rings is 1. The summed E-state index contributed by atoms with van der Waals surface area (Å²) < 4.78 is 12.3. The monoisotopic (exact) mass is 468 g/mol. The molecule has 2 N–H and O–H groups in total. The minimum atomic E-state index is -0.565. The number of nitrogens with zero attached hydrogens (tertiary/aromatic N) is 3. The number of carbonyl (C=O) groups is 2. The summed E-state index contributed by atoms with van der Waals surface area (Å²) in [5, 5.41) is 0.335. The second-order valence-electron chi connectivity index (χ2n) is 7.42. The molecule has 0 atom stereocenters. The molecule has 1 aromatic carbocycles. The number of Topliss-reactive ketones (excluding diaryl/α,β-unsaturated/α-hetero) is 1. The van der Waals surface area contributed by atoms with Gasteiger partial charge in [0.1, 0.15) is 17.1 Å². The standard InChI is InChI=1S/C24H28N4O4S/c1-5-32-23(30)20-13-26-24(27-22(20)25)33-14-21(29)19-12-15(2)28(16(19)3)11-10-17-6-8-18(31-4)9-7-17/h6-9,12-13H,5,10-11,14H2,1-4H3,(H2,25,26,27). The summed E-state index contributed by atoms with van der Waals surface area (Å²) in [5.74, 6) is 0.458. The molecule has 174 valence electrons. The molecule has 3 aromatic rings. The van der Waals surface area contributed by atoms with Gasteiger partial charge in [0.05, 0.1) is 19.5 Å². The van der Waals surface area contributed by atoms with Crippen LogP contribution in [0.15, 0.2) is 41.7 Å². The normalized spacial score (nSPS) is 10.8. The number of nitrogens with two attached hydrogens (primary N) is 1. The van der Waals surface area contributed by atoms with Crippen molar-refractivity contribution < 1.29 is 19.1 Å². The van der Waals surface area contributed by atoms with Gasteiger partial charge in [-0.25, -0.2) is 14.8 Å². The Kier molecular flexibility index (Phi) is 8.11. The summed E-state index contributed by atoms with van der Waals surface area (Å²) in [6, 6.07) is 9.92. The van der Waals surface area contributed by atoms with E-state index in [0.717, 1.165) is 30.1 Å². The predicted molar refractivity (Wildman–Crippen MR) is 128 cm³/mol. The number of aryl methyl sites for hydroxylation is 2. The zero-order valence-electron chi connectivity index (χ0n) is 19.3. The molecule has 2 heterocycles. The molecule has 33 heavy (non-hydrogen) atoms. The van der Waals surface area contributed by atoms with E-state index in [1.807, 2.05) is 32.0 Å². The molecule has 0 amide bonds. The molecule has 0 aliphatic rings. The Bertz CT molecular complexity index is 1140. The van der Waals surface area contributed by atoms with Crippen molar-refractivity contribution in [3.05, 3.63) is 64.6 Å². The third kappa shape index (κ3) is 5.92. The summed E-state index contributed by atoms with van der Waals surface area (Å²) in [5.41, 5.74) is 9.83. The Labute approximate surface area is 197 Å². The highest BCUT2D eigenvalue weighted by Crippen LogP contribution is 2.22. The first-order chi connectivity index (χ1) is 15.8. The number of ether oxygens (including phenoxy) is 2. The number of hydrogen-bond donors (Lipinski definition) is 1. The number of thioether (sulfide) groups is 1. The Morgan fingerprint density at radius 1 is 1.15 bits per heavy atom. The number of ketones is 1. The SMILES string of the molecule is CCOC(=O)c1cnc(SCC(=O)c2cc(C)n(CCc3ccc(OC)cc3)c2C)nc1N. The summed E-state index contributed by atoms with van der Waals surface area (Å²) in [4.78, 5) is 33.0. The van der Waals surface area contributed by atoms with E-state index in [-0.39, 0.29) is 29.5 Å². The molecule has 8 nitrogen and oxygen atoms in total. The van der Waals surface area contributed by atoms with Gasteiger partial charge >= 0.3 is 5.97 Å². The molecular formula is C24H28N4O4S. The van der Waals surface area contributed by atoms with Gasteiger partial charge in [0, 0.05) is 29.7 Å². The van der Waals surface area contributed by atoms with Crippen LogP contribution in [0, 0.1) is 13.8 Å². The maximum Gasteiger partial charge on any atom is 0.343 e. The van der Waals surface area contributed by atoms with Crippen LogP contribution in [-0.4, -0.2) is 45.8 Å². The van der Waals surface area contributed by atoms with Gasteiger partial charge in [-0.3, -0.25) is 4.79 Å². The van der Waals surface area contributed by atoms with Crippen molar-refractivity contribution in [2.45, 2.75) is 38.9 Å². The van der Waals surface area contributed by atoms with Crippen LogP contribution in [-0.2, 0) is 17.7 Å². The number of nitrogen functional groups attached to an aromatic ring is 1. The van der Waals surface area contributed by atoms with E-state index >= 15 is 0 Å². The van der Waals surface area contributed by atoms with Crippen molar-refractivity contribution in [3.63, 3.8) is 0 Å². The van der Waals surface area contributed by atoms with Crippen LogP contribution in [0.1, 0.15) is 44.6 Å². The van der Waals surface area contributed by atoms with Gasteiger partial charge in [0.15, 0.2) is 10.9 Å². The molecule has 3 rings (SSSR count). The van der Waals surface area contributed by atoms with Crippen molar-refractivity contribution in [1.82, 2.24) is 14.5 Å². The van der Waals surface area contributed by atoms with E-state index in [0.29, 0.717) is 10.7 Å². The smallest absolute Gasteiger partial charge is 0.343 e. The van der Waals surface area contributed by atoms with Crippen molar-refractivity contribution in [2.75, 3.05) is 25.2 Å². The second-order valence-corrected chi connectivity index (χ2v) is 8.36. The van der Waals surface area contributed by atoms with E-state index in [1.54, 1.807) is 14.0 Å². The molecule has 0 saturated carbocycles. The topological polar surface area (TPSA) is 109 Å². The molecule has 0 bridgehead atoms. The summed E-state index contributed by atoms with van der Waals surface area (Å²) in [6.07, 6.45) is 2.18. The summed E-state index contributed by atoms with van der Waals surface area (Å²) in [7, 11) is 1.65. The van der Waals surface area contributed by atoms with Crippen LogP contribution < -0.4 is 10.5 Å². The van der Waals surface area contributed by atoms with Crippen LogP contribution in [0.3, 0.4) is 0 Å². The summed E-state index contributed by atoms with van der Waals surface area (Å²) >= 11 is 1.18. The Morgan fingerprint density at radius 2 is 1.88 bits per heavy atom. The maximum atomic E-state index is 12.9. The highest BCUT2D eigenvalue weighted by Gasteiger charge is 2.18. The molecule has 0 unspecified atom stereocenters. The first-order valence-corrected chi connectivity index (χ1v) is 11.6. The third-order valence-corrected chi connectivity index (χ3v) is 6.14. The van der Waals surface area contributed by atoms with Crippen molar-refractivity contribution in [3.8, 4) is 5.75 Å². The zero-order valence-corrected chi connectivity index (χ0v) is 20.1. The molecule has 0 fully saturated rings. The number of anilines is 1. The first kappa shape index (κ1) is 24.3. The molecular weight excluding hydrogens is 440 g/mol. The van der Waals surface area contributed by atoms with E-state index in [2.05, 4.69) is 26.7 Å². The minimum Gasteiger partial charge on any atom is -0.497 e. The van der Waals surface area contributed by atoms with Crippen molar-refractivity contribution >= 4 is 29.3 Å². The molecule has 0 aliphatic carbocycles. The van der Waals surface area contributed by atoms with E-state index in [4.69, 9.17) is 15.2 Å². The van der Waals surface area contributed by atoms with Gasteiger partial charge in [-0.05, 0) is 51.0 Å². The van der Waals surface area contributed by atoms with Crippen LogP contribution in [0.2, 0.25) is 0 Å². The van der Waals surface area contributed by atoms with Gasteiger partial charge in [-0.2, -0.15) is 0 Å². The number of hydrogen-bond acceptors (Lipinski definition) is 8. The minimum absolute atomic E-state index is 0.0135. The van der Waals surface area contributed by atoms with Crippen molar-refractivity contribution in [1.29, 1.82) is 0 Å². The molecule has 0 spiro atoms. The Morgan fingerprint density at radius 3 is 2.52 bits per heavy atom. The Balaban J connectivity index is 1.63. The summed E-state index contributed by atoms with van der Waals surface area (Å²) in [6.45, 7) is 6.69. The highest BCUT2D eigenvalue weighted by atomic mass is 32.2. The van der Waals surface area contributed by atoms with E-state index in [9.17, 15) is 9.59 Å². The van der Waals surface area contributed by atoms with Crippen LogP contribution in [0.25, 0.3) is 0 Å². The lowest BCUT2D eigenvalue weighted by Crippen LogP contribution is -2.11. The number of carbonyl (C=O) groups excluding carboxylic acids is 2. The molecule has 9 heteroatoms. The van der Waals surface area contributed by atoms with Crippen LogP contribution >= 0.6 is 11.8 Å². The fourth-order valence-electron chi connectivity index (χ4n) is 3.48. The quantitative estimate of drug-likeness (QED) is 0.207. The number of rotatable bonds is 10. The molecule has 0 radical (unpaired) electrons. The number of aromatic nitrogens is 3. The molecule has 2 aromatic heterocycles. The fraction of sp³-hybridized carbons (Fsp3) is 0.333. The third-order valence-electron chi connectivity index (χ3n) is 5.28. The first-order valence-electron chi connectivity index (χ1n) is 10.6. The van der Waals surface area contributed by atoms with E-state index < -0.39 is 5.97 Å². The van der Waals surface area contributed by atoms with Crippen LogP contribution in [0.5, 0.6) is 5.75 Å². The van der Waals surface area contributed by atoms with E-state index in [1.165, 1.54) is 23.5 Å². The van der Waals surface area contributed by atoms with Gasteiger partial charge in [0.2, 0.25) is 0 Å². The van der Waals surface area contributed by atoms with Crippen LogP contribution in [0.4, 0.5) is 5.82 Å². The zero-order chi connectivity index (χ0) is 24.0. The second kappa shape index (κ2) is 11.0. The Hall–Kier alpha value is -3.33. The van der Waals surface area contributed by atoms with Gasteiger partial charge in [0.25, 0.3) is 0 Å². The molecule has 0 aliphatic heterocycles. The predicted octanol–water partition coefficient (Wildman–Crippen LogP) is 3.88. The fourth-order valence-corrected chi connectivity index (χ4v) is 4.19. The van der Waals surface area contributed by atoms with Gasteiger partial charge in [-0.1, -0.05) is 23.9 Å². The van der Waals surface area contributed by atoms with Gasteiger partial charge < -0.3 is 19.8 Å². The van der Waals surface area contributed by atoms with Gasteiger partial charge in [-0.15, -0.1) is 0 Å². The lowest BCUT2D eigenvalue weighted by molar-refractivity contribution is 0.0526.